The molecule has 0 bridgehead atoms. The van der Waals surface area contributed by atoms with Crippen LogP contribution in [0.5, 0.6) is 5.75 Å². The van der Waals surface area contributed by atoms with Crippen molar-refractivity contribution in [2.24, 2.45) is 0 Å². The normalized spacial score (nSPS) is 11.9. The average molecular weight is 292 g/mol. The maximum absolute atomic E-state index is 5.42. The van der Waals surface area contributed by atoms with E-state index in [0.29, 0.717) is 11.6 Å². The summed E-state index contributed by atoms with van der Waals surface area (Å²) in [6, 6.07) is 4.46. The summed E-state index contributed by atoms with van der Waals surface area (Å²) in [7, 11) is 3.45. The fourth-order valence-electron chi connectivity index (χ4n) is 2.08. The van der Waals surface area contributed by atoms with Crippen LogP contribution in [-0.4, -0.2) is 24.1 Å². The minimum Gasteiger partial charge on any atom is -0.490 e. The molecule has 1 atom stereocenters. The molecule has 2 aromatic heterocycles. The molecule has 0 fully saturated rings. The molecule has 0 aliphatic rings. The summed E-state index contributed by atoms with van der Waals surface area (Å²) in [6.45, 7) is 2.18. The molecular weight excluding hydrogens is 272 g/mol. The number of rotatable bonds is 7. The Labute approximate surface area is 123 Å². The summed E-state index contributed by atoms with van der Waals surface area (Å²) in [5.74, 6) is 2.05. The Hall–Kier alpha value is -1.82. The minimum atomic E-state index is 0.244. The molecule has 2 aromatic rings. The number of nitrogens with one attached hydrogen (secondary N) is 2. The van der Waals surface area contributed by atoms with Crippen LogP contribution in [0.15, 0.2) is 23.8 Å². The van der Waals surface area contributed by atoms with Crippen LogP contribution in [0.2, 0.25) is 0 Å². The smallest absolute Gasteiger partial charge is 0.204 e. The predicted molar refractivity (Wildman–Crippen MR) is 83.7 cm³/mol. The van der Waals surface area contributed by atoms with E-state index in [1.165, 1.54) is 11.2 Å². The highest BCUT2D eigenvalue weighted by Crippen LogP contribution is 2.33. The molecule has 20 heavy (non-hydrogen) atoms. The Balaban J connectivity index is 2.27. The first kappa shape index (κ1) is 14.6. The summed E-state index contributed by atoms with van der Waals surface area (Å²) in [5, 5.41) is 8.58. The van der Waals surface area contributed by atoms with Crippen molar-refractivity contribution >= 4 is 23.0 Å². The van der Waals surface area contributed by atoms with Gasteiger partial charge in [0.2, 0.25) is 5.75 Å². The third kappa shape index (κ3) is 3.19. The minimum absolute atomic E-state index is 0.244. The number of anilines is 2. The zero-order valence-electron chi connectivity index (χ0n) is 12.0. The number of thiophene rings is 1. The van der Waals surface area contributed by atoms with Gasteiger partial charge in [0.05, 0.1) is 13.2 Å². The summed E-state index contributed by atoms with van der Waals surface area (Å²) < 4.78 is 5.42. The van der Waals surface area contributed by atoms with Gasteiger partial charge in [-0.3, -0.25) is 0 Å². The van der Waals surface area contributed by atoms with E-state index in [-0.39, 0.29) is 6.04 Å². The van der Waals surface area contributed by atoms with E-state index in [1.807, 2.05) is 7.05 Å². The lowest BCUT2D eigenvalue weighted by Crippen LogP contribution is -2.12. The standard InChI is InChI=1S/C14H20N4OS/c1-4-6-10(11-7-5-8-20-11)18-14-12(19-3)13(15-2)16-9-17-14/h5,7-10H,4,6H2,1-3H3,(H2,15,16,17,18). The first-order chi connectivity index (χ1) is 9.80. The van der Waals surface area contributed by atoms with Gasteiger partial charge in [-0.2, -0.15) is 0 Å². The zero-order valence-corrected chi connectivity index (χ0v) is 12.8. The molecule has 2 rings (SSSR count). The van der Waals surface area contributed by atoms with Gasteiger partial charge in [-0.05, 0) is 17.9 Å². The summed E-state index contributed by atoms with van der Waals surface area (Å²) >= 11 is 1.75. The molecule has 0 radical (unpaired) electrons. The van der Waals surface area contributed by atoms with Crippen molar-refractivity contribution in [1.29, 1.82) is 0 Å². The van der Waals surface area contributed by atoms with E-state index in [1.54, 1.807) is 18.4 Å². The van der Waals surface area contributed by atoms with Crippen LogP contribution in [0.4, 0.5) is 11.6 Å². The van der Waals surface area contributed by atoms with Gasteiger partial charge in [-0.15, -0.1) is 11.3 Å². The first-order valence-electron chi connectivity index (χ1n) is 6.66. The molecule has 108 valence electrons. The molecule has 0 saturated heterocycles. The lowest BCUT2D eigenvalue weighted by atomic mass is 10.1. The molecule has 5 nitrogen and oxygen atoms in total. The summed E-state index contributed by atoms with van der Waals surface area (Å²) in [5.41, 5.74) is 0. The van der Waals surface area contributed by atoms with Crippen molar-refractivity contribution in [2.75, 3.05) is 24.8 Å². The van der Waals surface area contributed by atoms with Gasteiger partial charge in [0.1, 0.15) is 6.33 Å². The van der Waals surface area contributed by atoms with Crippen molar-refractivity contribution in [3.63, 3.8) is 0 Å². The molecular formula is C14H20N4OS. The van der Waals surface area contributed by atoms with Crippen LogP contribution in [0.1, 0.15) is 30.7 Å². The number of hydrogen-bond donors (Lipinski definition) is 2. The van der Waals surface area contributed by atoms with E-state index < -0.39 is 0 Å². The molecule has 0 amide bonds. The van der Waals surface area contributed by atoms with Crippen molar-refractivity contribution in [3.05, 3.63) is 28.7 Å². The van der Waals surface area contributed by atoms with Gasteiger partial charge in [0, 0.05) is 11.9 Å². The highest BCUT2D eigenvalue weighted by Gasteiger charge is 2.17. The molecule has 6 heteroatoms. The zero-order chi connectivity index (χ0) is 14.4. The molecule has 0 saturated carbocycles. The predicted octanol–water partition coefficient (Wildman–Crippen LogP) is 3.54. The SMILES string of the molecule is CCCC(Nc1ncnc(NC)c1OC)c1cccs1. The highest BCUT2D eigenvalue weighted by atomic mass is 32.1. The maximum Gasteiger partial charge on any atom is 0.204 e. The first-order valence-corrected chi connectivity index (χ1v) is 7.54. The molecule has 0 aromatic carbocycles. The fraction of sp³-hybridized carbons (Fsp3) is 0.429. The van der Waals surface area contributed by atoms with E-state index in [9.17, 15) is 0 Å². The highest BCUT2D eigenvalue weighted by molar-refractivity contribution is 7.10. The van der Waals surface area contributed by atoms with Crippen LogP contribution < -0.4 is 15.4 Å². The van der Waals surface area contributed by atoms with E-state index in [2.05, 4.69) is 45.0 Å². The second-order valence-electron chi connectivity index (χ2n) is 4.36. The van der Waals surface area contributed by atoms with E-state index in [0.717, 1.165) is 18.7 Å². The van der Waals surface area contributed by atoms with Crippen LogP contribution in [0, 0.1) is 0 Å². The summed E-state index contributed by atoms with van der Waals surface area (Å²) in [4.78, 5) is 9.77. The van der Waals surface area contributed by atoms with Crippen LogP contribution in [0.25, 0.3) is 0 Å². The topological polar surface area (TPSA) is 59.1 Å². The molecule has 1 unspecified atom stereocenters. The fourth-order valence-corrected chi connectivity index (χ4v) is 2.89. The lowest BCUT2D eigenvalue weighted by Gasteiger charge is -2.19. The van der Waals surface area contributed by atoms with Crippen LogP contribution >= 0.6 is 11.3 Å². The van der Waals surface area contributed by atoms with Crippen molar-refractivity contribution in [3.8, 4) is 5.75 Å². The monoisotopic (exact) mass is 292 g/mol. The van der Waals surface area contributed by atoms with Crippen LogP contribution in [0.3, 0.4) is 0 Å². The Morgan fingerprint density at radius 3 is 2.75 bits per heavy atom. The van der Waals surface area contributed by atoms with Crippen molar-refractivity contribution in [1.82, 2.24) is 9.97 Å². The molecule has 0 aliphatic carbocycles. The van der Waals surface area contributed by atoms with Crippen molar-refractivity contribution < 1.29 is 4.74 Å². The Bertz CT molecular complexity index is 530. The number of aromatic nitrogens is 2. The third-order valence-electron chi connectivity index (χ3n) is 3.02. The van der Waals surface area contributed by atoms with Gasteiger partial charge in [0.15, 0.2) is 11.6 Å². The number of nitrogens with zero attached hydrogens (tertiary/aromatic N) is 2. The molecule has 0 spiro atoms. The second kappa shape index (κ2) is 7.09. The van der Waals surface area contributed by atoms with Gasteiger partial charge in [-0.25, -0.2) is 9.97 Å². The van der Waals surface area contributed by atoms with Gasteiger partial charge >= 0.3 is 0 Å². The van der Waals surface area contributed by atoms with Gasteiger partial charge in [-0.1, -0.05) is 19.4 Å². The number of hydrogen-bond acceptors (Lipinski definition) is 6. The Morgan fingerprint density at radius 2 is 2.15 bits per heavy atom. The maximum atomic E-state index is 5.42. The van der Waals surface area contributed by atoms with E-state index >= 15 is 0 Å². The Morgan fingerprint density at radius 1 is 1.35 bits per heavy atom. The van der Waals surface area contributed by atoms with Gasteiger partial charge in [0.25, 0.3) is 0 Å². The quantitative estimate of drug-likeness (QED) is 0.817. The average Bonchev–Trinajstić information content (AvgIpc) is 3.00. The lowest BCUT2D eigenvalue weighted by molar-refractivity contribution is 0.414. The van der Waals surface area contributed by atoms with Gasteiger partial charge < -0.3 is 15.4 Å². The van der Waals surface area contributed by atoms with Crippen molar-refractivity contribution in [2.45, 2.75) is 25.8 Å². The Kier molecular flexibility index (Phi) is 5.17. The molecule has 2 heterocycles. The van der Waals surface area contributed by atoms with Crippen LogP contribution in [-0.2, 0) is 0 Å². The molecule has 0 aliphatic heterocycles. The van der Waals surface area contributed by atoms with E-state index in [4.69, 9.17) is 4.74 Å². The second-order valence-corrected chi connectivity index (χ2v) is 5.33. The third-order valence-corrected chi connectivity index (χ3v) is 4.01. The molecule has 2 N–H and O–H groups in total. The summed E-state index contributed by atoms with van der Waals surface area (Å²) in [6.07, 6.45) is 3.68. The largest absolute Gasteiger partial charge is 0.490 e. The number of ether oxygens (including phenoxy) is 1. The number of methoxy groups -OCH3 is 1.